The van der Waals surface area contributed by atoms with Gasteiger partial charge in [0.25, 0.3) is 0 Å². The number of anilines is 1. The highest BCUT2D eigenvalue weighted by Gasteiger charge is 2.27. The third-order valence-corrected chi connectivity index (χ3v) is 2.80. The van der Waals surface area contributed by atoms with E-state index in [1.807, 2.05) is 0 Å². The van der Waals surface area contributed by atoms with Gasteiger partial charge in [0.1, 0.15) is 0 Å². The number of hydrogen-bond acceptors (Lipinski definition) is 4. The van der Waals surface area contributed by atoms with Gasteiger partial charge in [0.15, 0.2) is 11.6 Å². The number of rotatable bonds is 3. The predicted molar refractivity (Wildman–Crippen MR) is 60.3 cm³/mol. The maximum absolute atomic E-state index is 13.5. The molecule has 1 saturated heterocycles. The van der Waals surface area contributed by atoms with E-state index in [2.05, 4.69) is 15.6 Å². The predicted octanol–water partition coefficient (Wildman–Crippen LogP) is 1.27. The molecule has 0 aliphatic carbocycles. The van der Waals surface area contributed by atoms with Crippen LogP contribution in [0.15, 0.2) is 12.3 Å². The molecule has 0 amide bonds. The lowest BCUT2D eigenvalue weighted by atomic mass is 10.2. The summed E-state index contributed by atoms with van der Waals surface area (Å²) in [5.74, 6) is -0.241. The lowest BCUT2D eigenvalue weighted by Gasteiger charge is -2.19. The average molecular weight is 246 g/mol. The first-order valence-electron chi connectivity index (χ1n) is 5.02. The van der Waals surface area contributed by atoms with Crippen LogP contribution < -0.4 is 10.6 Å². The van der Waals surface area contributed by atoms with E-state index in [1.54, 1.807) is 7.11 Å². The van der Waals surface area contributed by atoms with Crippen molar-refractivity contribution in [2.75, 3.05) is 25.5 Å². The summed E-state index contributed by atoms with van der Waals surface area (Å²) in [4.78, 5) is 3.91. The largest absolute Gasteiger partial charge is 0.378 e. The van der Waals surface area contributed by atoms with Crippen LogP contribution in [0.2, 0.25) is 5.02 Å². The Hall–Kier alpha value is -0.910. The van der Waals surface area contributed by atoms with Crippen molar-refractivity contribution in [3.05, 3.63) is 23.1 Å². The topological polar surface area (TPSA) is 46.2 Å². The molecule has 2 N–H and O–H groups in total. The van der Waals surface area contributed by atoms with E-state index in [4.69, 9.17) is 16.3 Å². The van der Waals surface area contributed by atoms with Crippen LogP contribution in [0.3, 0.4) is 0 Å². The number of halogens is 2. The Balaban J connectivity index is 2.08. The number of methoxy groups -OCH3 is 1. The number of nitrogens with zero attached hydrogens (tertiary/aromatic N) is 1. The van der Waals surface area contributed by atoms with E-state index < -0.39 is 5.82 Å². The zero-order valence-corrected chi connectivity index (χ0v) is 9.59. The van der Waals surface area contributed by atoms with Gasteiger partial charge in [0.2, 0.25) is 0 Å². The first-order valence-corrected chi connectivity index (χ1v) is 5.39. The van der Waals surface area contributed by atoms with E-state index in [1.165, 1.54) is 12.3 Å². The van der Waals surface area contributed by atoms with Crippen LogP contribution in [0.5, 0.6) is 0 Å². The third kappa shape index (κ3) is 2.42. The van der Waals surface area contributed by atoms with Crippen molar-refractivity contribution >= 4 is 17.4 Å². The molecular formula is C10H13ClFN3O. The normalized spacial score (nSPS) is 24.7. The van der Waals surface area contributed by atoms with Gasteiger partial charge in [-0.05, 0) is 6.07 Å². The summed E-state index contributed by atoms with van der Waals surface area (Å²) in [7, 11) is 1.64. The molecule has 88 valence electrons. The molecule has 2 rings (SSSR count). The number of pyridine rings is 1. The Morgan fingerprint density at radius 1 is 1.62 bits per heavy atom. The van der Waals surface area contributed by atoms with Crippen molar-refractivity contribution in [2.24, 2.45) is 0 Å². The second kappa shape index (κ2) is 4.95. The Labute approximate surface area is 98.2 Å². The summed E-state index contributed by atoms with van der Waals surface area (Å²) in [6.07, 6.45) is 1.44. The number of aromatic nitrogens is 1. The molecule has 16 heavy (non-hydrogen) atoms. The summed E-state index contributed by atoms with van der Waals surface area (Å²) in [6, 6.07) is 1.26. The maximum atomic E-state index is 13.5. The van der Waals surface area contributed by atoms with E-state index in [0.717, 1.165) is 13.1 Å². The van der Waals surface area contributed by atoms with Crippen LogP contribution in [0.4, 0.5) is 10.2 Å². The van der Waals surface area contributed by atoms with Crippen molar-refractivity contribution in [1.29, 1.82) is 0 Å². The first-order chi connectivity index (χ1) is 7.70. The molecule has 1 aliphatic rings. The van der Waals surface area contributed by atoms with Crippen LogP contribution >= 0.6 is 11.6 Å². The highest BCUT2D eigenvalue weighted by Crippen LogP contribution is 2.18. The molecule has 1 aliphatic heterocycles. The zero-order valence-electron chi connectivity index (χ0n) is 8.84. The van der Waals surface area contributed by atoms with Gasteiger partial charge >= 0.3 is 0 Å². The maximum Gasteiger partial charge on any atom is 0.166 e. The lowest BCUT2D eigenvalue weighted by Crippen LogP contribution is -2.34. The minimum Gasteiger partial charge on any atom is -0.378 e. The van der Waals surface area contributed by atoms with Crippen molar-refractivity contribution in [3.8, 4) is 0 Å². The van der Waals surface area contributed by atoms with E-state index in [9.17, 15) is 4.39 Å². The molecular weight excluding hydrogens is 233 g/mol. The summed E-state index contributed by atoms with van der Waals surface area (Å²) < 4.78 is 18.7. The van der Waals surface area contributed by atoms with E-state index in [0.29, 0.717) is 0 Å². The molecule has 2 atom stereocenters. The smallest absolute Gasteiger partial charge is 0.166 e. The monoisotopic (exact) mass is 245 g/mol. The quantitative estimate of drug-likeness (QED) is 0.842. The van der Waals surface area contributed by atoms with Crippen molar-refractivity contribution in [2.45, 2.75) is 12.1 Å². The molecule has 6 heteroatoms. The Bertz CT molecular complexity index is 377. The third-order valence-electron chi connectivity index (χ3n) is 2.59. The molecule has 1 unspecified atom stereocenters. The van der Waals surface area contributed by atoms with Crippen LogP contribution in [0.1, 0.15) is 0 Å². The molecule has 0 radical (unpaired) electrons. The molecule has 4 nitrogen and oxygen atoms in total. The van der Waals surface area contributed by atoms with E-state index >= 15 is 0 Å². The van der Waals surface area contributed by atoms with Crippen LogP contribution in [0, 0.1) is 5.82 Å². The van der Waals surface area contributed by atoms with Gasteiger partial charge in [-0.2, -0.15) is 0 Å². The van der Waals surface area contributed by atoms with E-state index in [-0.39, 0.29) is 23.0 Å². The second-order valence-electron chi connectivity index (χ2n) is 3.67. The van der Waals surface area contributed by atoms with Gasteiger partial charge in [-0.15, -0.1) is 0 Å². The van der Waals surface area contributed by atoms with Crippen LogP contribution in [-0.2, 0) is 4.74 Å². The molecule has 0 bridgehead atoms. The number of hydrogen-bond donors (Lipinski definition) is 2. The van der Waals surface area contributed by atoms with Crippen molar-refractivity contribution < 1.29 is 9.13 Å². The lowest BCUT2D eigenvalue weighted by molar-refractivity contribution is 0.111. The summed E-state index contributed by atoms with van der Waals surface area (Å²) in [6.45, 7) is 1.48. The Morgan fingerprint density at radius 3 is 3.12 bits per heavy atom. The highest BCUT2D eigenvalue weighted by molar-refractivity contribution is 6.30. The van der Waals surface area contributed by atoms with Crippen molar-refractivity contribution in [3.63, 3.8) is 0 Å². The van der Waals surface area contributed by atoms with Gasteiger partial charge in [-0.25, -0.2) is 9.37 Å². The van der Waals surface area contributed by atoms with Gasteiger partial charge in [-0.3, -0.25) is 0 Å². The van der Waals surface area contributed by atoms with Crippen LogP contribution in [0.25, 0.3) is 0 Å². The molecule has 2 heterocycles. The number of nitrogens with one attached hydrogen (secondary N) is 2. The minimum atomic E-state index is -0.450. The fourth-order valence-corrected chi connectivity index (χ4v) is 1.89. The molecule has 0 saturated carbocycles. The van der Waals surface area contributed by atoms with Crippen molar-refractivity contribution in [1.82, 2.24) is 10.3 Å². The highest BCUT2D eigenvalue weighted by atomic mass is 35.5. The van der Waals surface area contributed by atoms with Gasteiger partial charge in [0, 0.05) is 26.4 Å². The summed E-state index contributed by atoms with van der Waals surface area (Å²) in [5, 5.41) is 6.45. The molecule has 0 spiro atoms. The van der Waals surface area contributed by atoms with Crippen LogP contribution in [-0.4, -0.2) is 37.3 Å². The first kappa shape index (κ1) is 11.6. The second-order valence-corrected chi connectivity index (χ2v) is 4.10. The van der Waals surface area contributed by atoms with Gasteiger partial charge in [0.05, 0.1) is 17.2 Å². The minimum absolute atomic E-state index is 0.0215. The SMILES string of the molecule is CO[C@H]1CNCC1Nc1ncc(Cl)cc1F. The summed E-state index contributed by atoms with van der Waals surface area (Å²) in [5.41, 5.74) is 0. The zero-order chi connectivity index (χ0) is 11.5. The Kier molecular flexibility index (Phi) is 3.58. The Morgan fingerprint density at radius 2 is 2.44 bits per heavy atom. The standard InChI is InChI=1S/C10H13ClFN3O/c1-16-9-5-13-4-8(9)15-10-7(12)2-6(11)3-14-10/h2-3,8-9,13H,4-5H2,1H3,(H,14,15)/t8?,9-/m0/s1. The number of ether oxygens (including phenoxy) is 1. The molecule has 1 fully saturated rings. The fourth-order valence-electron chi connectivity index (χ4n) is 1.74. The fraction of sp³-hybridized carbons (Fsp3) is 0.500. The molecule has 1 aromatic heterocycles. The average Bonchev–Trinajstić information content (AvgIpc) is 2.69. The van der Waals surface area contributed by atoms with Gasteiger partial charge < -0.3 is 15.4 Å². The molecule has 0 aromatic carbocycles. The summed E-state index contributed by atoms with van der Waals surface area (Å²) >= 11 is 5.62. The molecule has 1 aromatic rings. The van der Waals surface area contributed by atoms with Gasteiger partial charge in [-0.1, -0.05) is 11.6 Å².